The minimum atomic E-state index is -1.20. The number of fused-ring (bicyclic) bond motifs is 2. The molecule has 3 atom stereocenters. The highest BCUT2D eigenvalue weighted by Gasteiger charge is 2.51. The fraction of sp³-hybridized carbons (Fsp3) is 0.900. The number of hydrogen-bond donors (Lipinski definition) is 3. The number of carboxylic acid groups (broad SMARTS) is 1. The van der Waals surface area contributed by atoms with Crippen molar-refractivity contribution in [1.82, 2.24) is 0 Å². The Hall–Kier alpha value is -0.610. The van der Waals surface area contributed by atoms with Gasteiger partial charge in [0.1, 0.15) is 5.54 Å². The van der Waals surface area contributed by atoms with E-state index >= 15 is 0 Å². The molecule has 0 aliphatic heterocycles. The largest absolute Gasteiger partial charge is 0.480 e. The van der Waals surface area contributed by atoms with Crippen molar-refractivity contribution in [1.29, 1.82) is 0 Å². The molecule has 2 saturated carbocycles. The molecule has 80 valence electrons. The molecule has 4 N–H and O–H groups in total. The highest BCUT2D eigenvalue weighted by molar-refractivity contribution is 5.78. The van der Waals surface area contributed by atoms with Gasteiger partial charge in [-0.1, -0.05) is 12.8 Å². The van der Waals surface area contributed by atoms with Crippen molar-refractivity contribution in [3.63, 3.8) is 0 Å². The van der Waals surface area contributed by atoms with Crippen LogP contribution in [0, 0.1) is 5.92 Å². The third-order valence-electron chi connectivity index (χ3n) is 3.65. The Morgan fingerprint density at radius 3 is 2.71 bits per heavy atom. The Morgan fingerprint density at radius 1 is 1.43 bits per heavy atom. The van der Waals surface area contributed by atoms with Crippen LogP contribution in [0.1, 0.15) is 38.5 Å². The second-order valence-corrected chi connectivity index (χ2v) is 5.03. The topological polar surface area (TPSA) is 83.6 Å². The average molecular weight is 199 g/mol. The zero-order valence-corrected chi connectivity index (χ0v) is 8.20. The molecule has 2 rings (SSSR count). The first-order valence-corrected chi connectivity index (χ1v) is 5.18. The van der Waals surface area contributed by atoms with Crippen LogP contribution in [0.3, 0.4) is 0 Å². The van der Waals surface area contributed by atoms with Gasteiger partial charge in [0, 0.05) is 6.42 Å². The van der Waals surface area contributed by atoms with Crippen molar-refractivity contribution in [3.8, 4) is 0 Å². The van der Waals surface area contributed by atoms with Crippen molar-refractivity contribution in [2.45, 2.75) is 49.7 Å². The van der Waals surface area contributed by atoms with E-state index in [0.717, 1.165) is 19.3 Å². The first-order valence-electron chi connectivity index (χ1n) is 5.18. The van der Waals surface area contributed by atoms with Crippen LogP contribution in [-0.2, 0) is 4.79 Å². The summed E-state index contributed by atoms with van der Waals surface area (Å²) in [5.41, 5.74) is 3.81. The van der Waals surface area contributed by atoms with E-state index in [4.69, 9.17) is 10.8 Å². The van der Waals surface area contributed by atoms with Crippen LogP contribution in [0.2, 0.25) is 0 Å². The molecule has 0 saturated heterocycles. The molecule has 14 heavy (non-hydrogen) atoms. The predicted octanol–water partition coefficient (Wildman–Crippen LogP) is 0.484. The fourth-order valence-electron chi connectivity index (χ4n) is 3.13. The first kappa shape index (κ1) is 9.93. The normalized spacial score (nSPS) is 47.4. The van der Waals surface area contributed by atoms with Crippen LogP contribution < -0.4 is 5.73 Å². The molecule has 2 fully saturated rings. The van der Waals surface area contributed by atoms with Crippen LogP contribution >= 0.6 is 0 Å². The van der Waals surface area contributed by atoms with Gasteiger partial charge in [-0.2, -0.15) is 0 Å². The Balaban J connectivity index is 2.22. The van der Waals surface area contributed by atoms with Gasteiger partial charge in [0.25, 0.3) is 0 Å². The maximum Gasteiger partial charge on any atom is 0.323 e. The molecule has 0 aromatic heterocycles. The second-order valence-electron chi connectivity index (χ2n) is 5.03. The summed E-state index contributed by atoms with van der Waals surface area (Å²) in [6.45, 7) is 0. The molecular formula is C10H17NO3. The molecule has 2 aliphatic rings. The number of carboxylic acids is 1. The van der Waals surface area contributed by atoms with E-state index in [1.165, 1.54) is 0 Å². The van der Waals surface area contributed by atoms with E-state index in [-0.39, 0.29) is 6.42 Å². The first-order chi connectivity index (χ1) is 6.44. The molecule has 0 unspecified atom stereocenters. The Kier molecular flexibility index (Phi) is 2.08. The van der Waals surface area contributed by atoms with Crippen molar-refractivity contribution < 1.29 is 15.0 Å². The van der Waals surface area contributed by atoms with Crippen LogP contribution in [0.4, 0.5) is 0 Å². The SMILES string of the molecule is N[C@]1(C(=O)O)C[C@@H]2CCC[C@@](O)(C2)C1. The van der Waals surface area contributed by atoms with E-state index in [0.29, 0.717) is 18.8 Å². The van der Waals surface area contributed by atoms with E-state index < -0.39 is 17.1 Å². The van der Waals surface area contributed by atoms with Gasteiger partial charge in [0.05, 0.1) is 5.60 Å². The third kappa shape index (κ3) is 1.53. The lowest BCUT2D eigenvalue weighted by Crippen LogP contribution is -2.59. The molecule has 0 aromatic carbocycles. The van der Waals surface area contributed by atoms with Gasteiger partial charge in [-0.3, -0.25) is 4.79 Å². The van der Waals surface area contributed by atoms with E-state index in [2.05, 4.69) is 0 Å². The van der Waals surface area contributed by atoms with Crippen molar-refractivity contribution >= 4 is 5.97 Å². The molecule has 0 aromatic rings. The Labute approximate surface area is 83.1 Å². The maximum atomic E-state index is 11.0. The number of aliphatic hydroxyl groups is 1. The van der Waals surface area contributed by atoms with E-state index in [9.17, 15) is 9.90 Å². The molecule has 0 heterocycles. The van der Waals surface area contributed by atoms with Crippen LogP contribution in [0.15, 0.2) is 0 Å². The molecule has 4 heteroatoms. The summed E-state index contributed by atoms with van der Waals surface area (Å²) < 4.78 is 0. The molecule has 0 radical (unpaired) electrons. The fourth-order valence-corrected chi connectivity index (χ4v) is 3.13. The van der Waals surface area contributed by atoms with Gasteiger partial charge in [-0.15, -0.1) is 0 Å². The highest BCUT2D eigenvalue weighted by atomic mass is 16.4. The maximum absolute atomic E-state index is 11.0. The van der Waals surface area contributed by atoms with Gasteiger partial charge in [-0.25, -0.2) is 0 Å². The van der Waals surface area contributed by atoms with Crippen molar-refractivity contribution in [2.75, 3.05) is 0 Å². The quantitative estimate of drug-likeness (QED) is 0.573. The van der Waals surface area contributed by atoms with Crippen LogP contribution in [0.25, 0.3) is 0 Å². The van der Waals surface area contributed by atoms with Gasteiger partial charge in [0.2, 0.25) is 0 Å². The average Bonchev–Trinajstić information content (AvgIpc) is 2.00. The summed E-state index contributed by atoms with van der Waals surface area (Å²) in [6, 6.07) is 0. The van der Waals surface area contributed by atoms with E-state index in [1.807, 2.05) is 0 Å². The Bertz CT molecular complexity index is 268. The van der Waals surface area contributed by atoms with Gasteiger partial charge in [0.15, 0.2) is 0 Å². The molecule has 2 aliphatic carbocycles. The third-order valence-corrected chi connectivity index (χ3v) is 3.65. The minimum Gasteiger partial charge on any atom is -0.480 e. The standard InChI is InChI=1S/C10H17NO3/c11-10(8(12)13)5-7-2-1-3-9(14,4-7)6-10/h7,14H,1-6,11H2,(H,12,13)/t7-,9-,10-/m1/s1. The van der Waals surface area contributed by atoms with Crippen molar-refractivity contribution in [2.24, 2.45) is 11.7 Å². The lowest BCUT2D eigenvalue weighted by Gasteiger charge is -2.47. The lowest BCUT2D eigenvalue weighted by molar-refractivity contribution is -0.154. The summed E-state index contributed by atoms with van der Waals surface area (Å²) in [7, 11) is 0. The van der Waals surface area contributed by atoms with Gasteiger partial charge < -0.3 is 15.9 Å². The van der Waals surface area contributed by atoms with Crippen LogP contribution in [0.5, 0.6) is 0 Å². The van der Waals surface area contributed by atoms with Crippen molar-refractivity contribution in [3.05, 3.63) is 0 Å². The molecular weight excluding hydrogens is 182 g/mol. The number of hydrogen-bond acceptors (Lipinski definition) is 3. The molecule has 0 amide bonds. The monoisotopic (exact) mass is 199 g/mol. The summed E-state index contributed by atoms with van der Waals surface area (Å²) in [6.07, 6.45) is 4.18. The number of rotatable bonds is 1. The second kappa shape index (κ2) is 2.94. The predicted molar refractivity (Wildman–Crippen MR) is 50.7 cm³/mol. The molecule has 2 bridgehead atoms. The smallest absolute Gasteiger partial charge is 0.323 e. The summed E-state index contributed by atoms with van der Waals surface area (Å²) in [5.74, 6) is -0.675. The number of carbonyl (C=O) groups is 1. The number of nitrogens with two attached hydrogens (primary N) is 1. The van der Waals surface area contributed by atoms with Gasteiger partial charge in [-0.05, 0) is 25.2 Å². The zero-order valence-electron chi connectivity index (χ0n) is 8.20. The summed E-state index contributed by atoms with van der Waals surface area (Å²) in [5, 5.41) is 19.2. The summed E-state index contributed by atoms with van der Waals surface area (Å²) >= 11 is 0. The summed E-state index contributed by atoms with van der Waals surface area (Å²) in [4.78, 5) is 11.0. The zero-order chi connectivity index (χ0) is 10.4. The molecule has 0 spiro atoms. The molecule has 4 nitrogen and oxygen atoms in total. The van der Waals surface area contributed by atoms with Crippen LogP contribution in [-0.4, -0.2) is 27.3 Å². The van der Waals surface area contributed by atoms with Gasteiger partial charge >= 0.3 is 5.97 Å². The lowest BCUT2D eigenvalue weighted by atomic mass is 9.62. The number of aliphatic carboxylic acids is 1. The highest BCUT2D eigenvalue weighted by Crippen LogP contribution is 2.46. The Morgan fingerprint density at radius 2 is 2.14 bits per heavy atom. The minimum absolute atomic E-state index is 0.214. The van der Waals surface area contributed by atoms with E-state index in [1.54, 1.807) is 0 Å².